The number of piperazine rings is 1. The van der Waals surface area contributed by atoms with Crippen molar-refractivity contribution in [1.82, 2.24) is 9.80 Å². The monoisotopic (exact) mass is 417 g/mol. The van der Waals surface area contributed by atoms with E-state index in [9.17, 15) is 9.18 Å². The largest absolute Gasteiger partial charge is 0.324 e. The fraction of sp³-hybridized carbons (Fsp3) is 0.286. The molecular weight excluding hydrogens is 397 g/mol. The van der Waals surface area contributed by atoms with Gasteiger partial charge in [0.2, 0.25) is 5.91 Å². The zero-order valence-electron chi connectivity index (χ0n) is 15.3. The fourth-order valence-corrected chi connectivity index (χ4v) is 4.65. The number of carbonyl (C=O) groups excluding carboxylic acids is 1. The number of amides is 1. The van der Waals surface area contributed by atoms with Gasteiger partial charge in [-0.1, -0.05) is 29.8 Å². The summed E-state index contributed by atoms with van der Waals surface area (Å²) in [4.78, 5) is 16.8. The van der Waals surface area contributed by atoms with E-state index >= 15 is 0 Å². The van der Waals surface area contributed by atoms with Crippen molar-refractivity contribution in [2.75, 3.05) is 38.0 Å². The van der Waals surface area contributed by atoms with Gasteiger partial charge >= 0.3 is 0 Å². The molecule has 0 radical (unpaired) electrons. The molecule has 0 spiro atoms. The summed E-state index contributed by atoms with van der Waals surface area (Å²) in [6.07, 6.45) is 0. The lowest BCUT2D eigenvalue weighted by Gasteiger charge is -2.34. The highest BCUT2D eigenvalue weighted by molar-refractivity contribution is 7.17. The van der Waals surface area contributed by atoms with Crippen LogP contribution >= 0.6 is 22.9 Å². The molecule has 1 aromatic heterocycles. The SMILES string of the molecule is O=C(CN1CCN(Cc2csc3ccccc23)CC1)Nc1ccc(F)cc1Cl. The highest BCUT2D eigenvalue weighted by atomic mass is 35.5. The molecule has 1 amide bonds. The van der Waals surface area contributed by atoms with E-state index in [0.29, 0.717) is 12.2 Å². The molecule has 1 saturated heterocycles. The smallest absolute Gasteiger partial charge is 0.238 e. The molecule has 0 bridgehead atoms. The molecule has 0 unspecified atom stereocenters. The van der Waals surface area contributed by atoms with E-state index in [1.54, 1.807) is 11.3 Å². The second kappa shape index (κ2) is 8.57. The van der Waals surface area contributed by atoms with E-state index < -0.39 is 5.82 Å². The van der Waals surface area contributed by atoms with Crippen molar-refractivity contribution in [1.29, 1.82) is 0 Å². The third kappa shape index (κ3) is 4.52. The molecule has 146 valence electrons. The van der Waals surface area contributed by atoms with Crippen LogP contribution in [0.25, 0.3) is 10.1 Å². The molecule has 2 aromatic carbocycles. The van der Waals surface area contributed by atoms with Crippen LogP contribution in [0.15, 0.2) is 47.8 Å². The lowest BCUT2D eigenvalue weighted by atomic mass is 10.1. The highest BCUT2D eigenvalue weighted by Gasteiger charge is 2.20. The van der Waals surface area contributed by atoms with Crippen molar-refractivity contribution in [3.8, 4) is 0 Å². The zero-order valence-corrected chi connectivity index (χ0v) is 16.9. The number of benzene rings is 2. The van der Waals surface area contributed by atoms with Gasteiger partial charge in [0.1, 0.15) is 5.82 Å². The molecule has 4 nitrogen and oxygen atoms in total. The summed E-state index contributed by atoms with van der Waals surface area (Å²) in [5.74, 6) is -0.552. The molecular formula is C21H21ClFN3OS. The summed E-state index contributed by atoms with van der Waals surface area (Å²) in [5.41, 5.74) is 1.81. The van der Waals surface area contributed by atoms with Crippen molar-refractivity contribution < 1.29 is 9.18 Å². The molecule has 1 fully saturated rings. The quantitative estimate of drug-likeness (QED) is 0.666. The number of hydrogen-bond donors (Lipinski definition) is 1. The Balaban J connectivity index is 1.27. The number of halogens is 2. The van der Waals surface area contributed by atoms with Crippen LogP contribution in [-0.2, 0) is 11.3 Å². The Labute approximate surface area is 172 Å². The van der Waals surface area contributed by atoms with Crippen LogP contribution in [0.4, 0.5) is 10.1 Å². The Hall–Kier alpha value is -1.99. The number of nitrogens with one attached hydrogen (secondary N) is 1. The average Bonchev–Trinajstić information content (AvgIpc) is 3.09. The van der Waals surface area contributed by atoms with Gasteiger partial charge in [-0.15, -0.1) is 11.3 Å². The van der Waals surface area contributed by atoms with Crippen molar-refractivity contribution in [3.63, 3.8) is 0 Å². The van der Waals surface area contributed by atoms with Crippen molar-refractivity contribution in [2.24, 2.45) is 0 Å². The van der Waals surface area contributed by atoms with E-state index in [-0.39, 0.29) is 10.9 Å². The van der Waals surface area contributed by atoms with Gasteiger partial charge < -0.3 is 5.32 Å². The van der Waals surface area contributed by atoms with Gasteiger partial charge in [0, 0.05) is 37.4 Å². The first-order valence-electron chi connectivity index (χ1n) is 9.23. The van der Waals surface area contributed by atoms with Crippen molar-refractivity contribution in [2.45, 2.75) is 6.54 Å². The number of anilines is 1. The molecule has 4 rings (SSSR count). The van der Waals surface area contributed by atoms with Gasteiger partial charge in [0.25, 0.3) is 0 Å². The molecule has 2 heterocycles. The number of thiophene rings is 1. The van der Waals surface area contributed by atoms with Crippen LogP contribution in [-0.4, -0.2) is 48.4 Å². The normalized spacial score (nSPS) is 15.8. The van der Waals surface area contributed by atoms with Gasteiger partial charge in [-0.05, 0) is 40.6 Å². The predicted molar refractivity (Wildman–Crippen MR) is 114 cm³/mol. The third-order valence-corrected chi connectivity index (χ3v) is 6.32. The van der Waals surface area contributed by atoms with E-state index in [0.717, 1.165) is 32.7 Å². The van der Waals surface area contributed by atoms with E-state index in [4.69, 9.17) is 11.6 Å². The Kier molecular flexibility index (Phi) is 5.92. The minimum Gasteiger partial charge on any atom is -0.324 e. The maximum Gasteiger partial charge on any atom is 0.238 e. The van der Waals surface area contributed by atoms with Gasteiger partial charge in [0.15, 0.2) is 0 Å². The standard InChI is InChI=1S/C21H21ClFN3OS/c22-18-11-16(23)5-6-19(18)24-21(27)13-26-9-7-25(8-10-26)12-15-14-28-20-4-2-1-3-17(15)20/h1-6,11,14H,7-10,12-13H2,(H,24,27). The Morgan fingerprint density at radius 1 is 1.11 bits per heavy atom. The first kappa shape index (κ1) is 19.3. The minimum atomic E-state index is -0.419. The number of hydrogen-bond acceptors (Lipinski definition) is 4. The molecule has 1 N–H and O–H groups in total. The summed E-state index contributed by atoms with van der Waals surface area (Å²) < 4.78 is 14.4. The lowest BCUT2D eigenvalue weighted by Crippen LogP contribution is -2.48. The molecule has 28 heavy (non-hydrogen) atoms. The summed E-state index contributed by atoms with van der Waals surface area (Å²) >= 11 is 7.76. The maximum atomic E-state index is 13.1. The number of carbonyl (C=O) groups is 1. The van der Waals surface area contributed by atoms with Crippen LogP contribution in [0, 0.1) is 5.82 Å². The molecule has 3 aromatic rings. The molecule has 1 aliphatic rings. The van der Waals surface area contributed by atoms with E-state index in [1.165, 1.54) is 33.8 Å². The van der Waals surface area contributed by atoms with Gasteiger partial charge in [0.05, 0.1) is 17.3 Å². The Morgan fingerprint density at radius 2 is 1.86 bits per heavy atom. The topological polar surface area (TPSA) is 35.6 Å². The molecule has 0 saturated carbocycles. The number of fused-ring (bicyclic) bond motifs is 1. The fourth-order valence-electron chi connectivity index (χ4n) is 3.49. The van der Waals surface area contributed by atoms with Crippen LogP contribution in [0.2, 0.25) is 5.02 Å². The first-order valence-corrected chi connectivity index (χ1v) is 10.5. The summed E-state index contributed by atoms with van der Waals surface area (Å²) in [6, 6.07) is 12.5. The van der Waals surface area contributed by atoms with E-state index in [1.807, 2.05) is 0 Å². The summed E-state index contributed by atoms with van der Waals surface area (Å²) in [5, 5.41) is 6.56. The summed E-state index contributed by atoms with van der Waals surface area (Å²) in [6.45, 7) is 4.78. The minimum absolute atomic E-state index is 0.134. The second-order valence-corrected chi connectivity index (χ2v) is 8.30. The Morgan fingerprint density at radius 3 is 2.64 bits per heavy atom. The van der Waals surface area contributed by atoms with Crippen LogP contribution in [0.1, 0.15) is 5.56 Å². The molecule has 0 aliphatic carbocycles. The van der Waals surface area contributed by atoms with Gasteiger partial charge in [-0.3, -0.25) is 14.6 Å². The first-order chi connectivity index (χ1) is 13.6. The summed E-state index contributed by atoms with van der Waals surface area (Å²) in [7, 11) is 0. The van der Waals surface area contributed by atoms with Crippen LogP contribution in [0.3, 0.4) is 0 Å². The van der Waals surface area contributed by atoms with E-state index in [2.05, 4.69) is 44.8 Å². The maximum absolute atomic E-state index is 13.1. The van der Waals surface area contributed by atoms with Crippen LogP contribution in [0.5, 0.6) is 0 Å². The molecule has 0 atom stereocenters. The van der Waals surface area contributed by atoms with Crippen molar-refractivity contribution >= 4 is 44.6 Å². The lowest BCUT2D eigenvalue weighted by molar-refractivity contribution is -0.117. The predicted octanol–water partition coefficient (Wildman–Crippen LogP) is 4.45. The molecule has 7 heteroatoms. The second-order valence-electron chi connectivity index (χ2n) is 6.98. The highest BCUT2D eigenvalue weighted by Crippen LogP contribution is 2.27. The molecule has 1 aliphatic heterocycles. The third-order valence-electron chi connectivity index (χ3n) is 4.99. The van der Waals surface area contributed by atoms with Crippen LogP contribution < -0.4 is 5.32 Å². The number of nitrogens with zero attached hydrogens (tertiary/aromatic N) is 2. The van der Waals surface area contributed by atoms with Crippen molar-refractivity contribution in [3.05, 3.63) is 64.2 Å². The zero-order chi connectivity index (χ0) is 19.5. The van der Waals surface area contributed by atoms with Gasteiger partial charge in [-0.25, -0.2) is 4.39 Å². The van der Waals surface area contributed by atoms with Gasteiger partial charge in [-0.2, -0.15) is 0 Å². The Bertz CT molecular complexity index is 985. The average molecular weight is 418 g/mol. The number of rotatable bonds is 5.